The summed E-state index contributed by atoms with van der Waals surface area (Å²) in [7, 11) is 0. The first kappa shape index (κ1) is 15.6. The van der Waals surface area contributed by atoms with Crippen LogP contribution in [-0.2, 0) is 0 Å². The molecule has 0 amide bonds. The van der Waals surface area contributed by atoms with Gasteiger partial charge in [-0.2, -0.15) is 9.81 Å². The van der Waals surface area contributed by atoms with Crippen LogP contribution in [0, 0.1) is 9.81 Å². The Bertz CT molecular complexity index is 763. The first-order chi connectivity index (χ1) is 11.8. The predicted molar refractivity (Wildman–Crippen MR) is 98.1 cm³/mol. The molecule has 5 nitrogen and oxygen atoms in total. The quantitative estimate of drug-likeness (QED) is 0.501. The fourth-order valence-electron chi connectivity index (χ4n) is 2.54. The van der Waals surface area contributed by atoms with Gasteiger partial charge in [0.15, 0.2) is 0 Å². The van der Waals surface area contributed by atoms with E-state index < -0.39 is 6.98 Å². The van der Waals surface area contributed by atoms with Crippen LogP contribution < -0.4 is 10.4 Å². The number of rotatable bonds is 6. The monoisotopic (exact) mass is 315 g/mol. The van der Waals surface area contributed by atoms with Gasteiger partial charge in [-0.05, 0) is 41.9 Å². The second kappa shape index (κ2) is 7.33. The van der Waals surface area contributed by atoms with Gasteiger partial charge < -0.3 is 4.90 Å². The predicted octanol–water partition coefficient (Wildman–Crippen LogP) is 4.38. The number of hydrogen-bond donors (Lipinski definition) is 0. The smallest absolute Gasteiger partial charge is 0.311 e. The highest BCUT2D eigenvalue weighted by Gasteiger charge is 2.21. The van der Waals surface area contributed by atoms with Crippen molar-refractivity contribution in [2.45, 2.75) is 0 Å². The average Bonchev–Trinajstić information content (AvgIpc) is 2.66. The number of benzene rings is 3. The Morgan fingerprint density at radius 1 is 0.583 bits per heavy atom. The second-order valence-corrected chi connectivity index (χ2v) is 5.18. The molecule has 0 aliphatic carbocycles. The van der Waals surface area contributed by atoms with Crippen LogP contribution in [0.15, 0.2) is 95.1 Å². The van der Waals surface area contributed by atoms with Gasteiger partial charge in [0, 0.05) is 17.1 Å². The van der Waals surface area contributed by atoms with Gasteiger partial charge in [0.1, 0.15) is 0 Å². The van der Waals surface area contributed by atoms with Gasteiger partial charge in [-0.3, -0.25) is 0 Å². The highest BCUT2D eigenvalue weighted by atomic mass is 16.3. The summed E-state index contributed by atoms with van der Waals surface area (Å²) in [4.78, 5) is 23.4. The van der Waals surface area contributed by atoms with Crippen molar-refractivity contribution < 1.29 is 0 Å². The lowest BCUT2D eigenvalue weighted by Gasteiger charge is -2.25. The minimum atomic E-state index is -1.21. The molecule has 0 fully saturated rings. The molecule has 24 heavy (non-hydrogen) atoms. The number of anilines is 3. The summed E-state index contributed by atoms with van der Waals surface area (Å²) in [6.07, 6.45) is 0. The number of hydrogen-bond acceptors (Lipinski definition) is 5. The molecular formula is C18H14BN3O2. The van der Waals surface area contributed by atoms with Crippen molar-refractivity contribution in [2.75, 3.05) is 4.90 Å². The highest BCUT2D eigenvalue weighted by Crippen LogP contribution is 2.33. The summed E-state index contributed by atoms with van der Waals surface area (Å²) in [5, 5.41) is 5.45. The topological polar surface area (TPSA) is 62.1 Å². The van der Waals surface area contributed by atoms with E-state index in [2.05, 4.69) is 15.1 Å². The summed E-state index contributed by atoms with van der Waals surface area (Å²) >= 11 is 0. The van der Waals surface area contributed by atoms with Crippen LogP contribution in [0.2, 0.25) is 0 Å². The van der Waals surface area contributed by atoms with Gasteiger partial charge in [-0.15, -0.1) is 0 Å². The maximum atomic E-state index is 10.6. The summed E-state index contributed by atoms with van der Waals surface area (Å²) in [5.74, 6) is 0. The zero-order chi connectivity index (χ0) is 16.8. The van der Waals surface area contributed by atoms with E-state index in [4.69, 9.17) is 0 Å². The summed E-state index contributed by atoms with van der Waals surface area (Å²) in [6.45, 7) is -1.21. The normalized spacial score (nSPS) is 10.0. The van der Waals surface area contributed by atoms with E-state index in [-0.39, 0.29) is 0 Å². The molecule has 0 unspecified atom stereocenters. The maximum absolute atomic E-state index is 10.6. The molecule has 0 bridgehead atoms. The van der Waals surface area contributed by atoms with Crippen LogP contribution in [0.5, 0.6) is 0 Å². The molecule has 0 heterocycles. The number of nitroso groups, excluding NO2 is 2. The van der Waals surface area contributed by atoms with Crippen molar-refractivity contribution in [3.05, 3.63) is 94.7 Å². The lowest BCUT2D eigenvalue weighted by molar-refractivity contribution is 1.28. The maximum Gasteiger partial charge on any atom is 0.548 e. The van der Waals surface area contributed by atoms with Crippen molar-refractivity contribution in [3.63, 3.8) is 0 Å². The third kappa shape index (κ3) is 3.22. The standard InChI is InChI=1S/C18H14BN3O2/c23-20-19(21-24)15-11-13-18(14-12-15)22(16-7-3-1-4-8-16)17-9-5-2-6-10-17/h1-14H. The minimum Gasteiger partial charge on any atom is -0.311 e. The van der Waals surface area contributed by atoms with E-state index in [1.165, 1.54) is 0 Å². The number of para-hydroxylation sites is 2. The first-order valence-corrected chi connectivity index (χ1v) is 7.48. The van der Waals surface area contributed by atoms with E-state index in [0.717, 1.165) is 17.1 Å². The Balaban J connectivity index is 2.03. The van der Waals surface area contributed by atoms with E-state index in [1.807, 2.05) is 72.8 Å². The van der Waals surface area contributed by atoms with Gasteiger partial charge in [-0.1, -0.05) is 58.7 Å². The third-order valence-corrected chi connectivity index (χ3v) is 3.68. The molecule has 6 heteroatoms. The fourth-order valence-corrected chi connectivity index (χ4v) is 2.54. The zero-order valence-electron chi connectivity index (χ0n) is 12.8. The molecule has 0 aliphatic rings. The molecular weight excluding hydrogens is 301 g/mol. The van der Waals surface area contributed by atoms with Crippen molar-refractivity contribution in [1.82, 2.24) is 0 Å². The molecule has 0 aliphatic heterocycles. The van der Waals surface area contributed by atoms with Crippen LogP contribution in [0.3, 0.4) is 0 Å². The molecule has 3 rings (SSSR count). The molecule has 3 aromatic carbocycles. The Hall–Kier alpha value is -3.28. The lowest BCUT2D eigenvalue weighted by atomic mass is 9.71. The summed E-state index contributed by atoms with van der Waals surface area (Å²) in [6, 6.07) is 27.0. The van der Waals surface area contributed by atoms with Crippen LogP contribution >= 0.6 is 0 Å². The Morgan fingerprint density at radius 2 is 1.00 bits per heavy atom. The van der Waals surface area contributed by atoms with Gasteiger partial charge >= 0.3 is 6.98 Å². The Kier molecular flexibility index (Phi) is 4.77. The lowest BCUT2D eigenvalue weighted by Crippen LogP contribution is -2.25. The molecule has 3 aromatic rings. The van der Waals surface area contributed by atoms with Crippen LogP contribution in [0.25, 0.3) is 0 Å². The van der Waals surface area contributed by atoms with E-state index in [1.54, 1.807) is 12.1 Å². The average molecular weight is 315 g/mol. The van der Waals surface area contributed by atoms with Crippen LogP contribution in [0.4, 0.5) is 17.1 Å². The second-order valence-electron chi connectivity index (χ2n) is 5.18. The number of nitrogens with zero attached hydrogens (tertiary/aromatic N) is 3. The van der Waals surface area contributed by atoms with Crippen LogP contribution in [0.1, 0.15) is 0 Å². The van der Waals surface area contributed by atoms with E-state index in [0.29, 0.717) is 5.46 Å². The molecule has 0 N–H and O–H groups in total. The molecule has 0 saturated carbocycles. The van der Waals surface area contributed by atoms with Gasteiger partial charge in [0.05, 0.1) is 0 Å². The minimum absolute atomic E-state index is 0.477. The zero-order valence-corrected chi connectivity index (χ0v) is 12.8. The molecule has 0 radical (unpaired) electrons. The van der Waals surface area contributed by atoms with Crippen molar-refractivity contribution in [3.8, 4) is 0 Å². The van der Waals surface area contributed by atoms with Crippen molar-refractivity contribution in [1.29, 1.82) is 0 Å². The summed E-state index contributed by atoms with van der Waals surface area (Å²) in [5.41, 5.74) is 3.40. The molecule has 116 valence electrons. The SMILES string of the molecule is O=NB(N=O)c1ccc(N(c2ccccc2)c2ccccc2)cc1. The first-order valence-electron chi connectivity index (χ1n) is 7.48. The van der Waals surface area contributed by atoms with Crippen LogP contribution in [-0.4, -0.2) is 6.98 Å². The highest BCUT2D eigenvalue weighted by molar-refractivity contribution is 6.69. The fraction of sp³-hybridized carbons (Fsp3) is 0. The third-order valence-electron chi connectivity index (χ3n) is 3.68. The van der Waals surface area contributed by atoms with E-state index >= 15 is 0 Å². The van der Waals surface area contributed by atoms with Crippen molar-refractivity contribution >= 4 is 29.5 Å². The molecule has 0 atom stereocenters. The van der Waals surface area contributed by atoms with Crippen molar-refractivity contribution in [2.24, 2.45) is 10.2 Å². The van der Waals surface area contributed by atoms with E-state index in [9.17, 15) is 9.81 Å². The Labute approximate surface area is 140 Å². The molecule has 0 spiro atoms. The molecule has 0 saturated heterocycles. The van der Waals surface area contributed by atoms with Gasteiger partial charge in [0.25, 0.3) is 0 Å². The van der Waals surface area contributed by atoms with Gasteiger partial charge in [0.2, 0.25) is 0 Å². The summed E-state index contributed by atoms with van der Waals surface area (Å²) < 4.78 is 0. The Morgan fingerprint density at radius 3 is 1.42 bits per heavy atom. The molecule has 0 aromatic heterocycles. The largest absolute Gasteiger partial charge is 0.548 e. The van der Waals surface area contributed by atoms with Gasteiger partial charge in [-0.25, -0.2) is 0 Å².